The Morgan fingerprint density at radius 3 is 0.895 bits per heavy atom. The number of esters is 2. The highest BCUT2D eigenvalue weighted by molar-refractivity contribution is 5.70. The van der Waals surface area contributed by atoms with Gasteiger partial charge < -0.3 is 33.3 Å². The van der Waals surface area contributed by atoms with E-state index >= 15 is 0 Å². The predicted molar refractivity (Wildman–Crippen MR) is 407 cm³/mol. The van der Waals surface area contributed by atoms with E-state index in [-0.39, 0.29) is 38.6 Å². The first-order valence-electron chi connectivity index (χ1n) is 39.0. The number of nitrogens with zero attached hydrogens (tertiary/aromatic N) is 1. The van der Waals surface area contributed by atoms with Gasteiger partial charge in [-0.05, 0) is 122 Å². The van der Waals surface area contributed by atoms with Crippen molar-refractivity contribution < 1.29 is 42.9 Å². The highest BCUT2D eigenvalue weighted by Crippen LogP contribution is 2.17. The summed E-state index contributed by atoms with van der Waals surface area (Å²) < 4.78 is 22.8. The smallest absolute Gasteiger partial charge is 0.306 e. The van der Waals surface area contributed by atoms with Crippen LogP contribution in [0.4, 0.5) is 0 Å². The van der Waals surface area contributed by atoms with E-state index in [1.54, 1.807) is 0 Å². The van der Waals surface area contributed by atoms with Crippen molar-refractivity contribution in [1.82, 2.24) is 0 Å². The number of carbonyl (C=O) groups excluding carboxylic acids is 3. The van der Waals surface area contributed by atoms with Gasteiger partial charge in [-0.2, -0.15) is 0 Å². The molecular weight excluding hydrogens is 1170 g/mol. The van der Waals surface area contributed by atoms with Crippen LogP contribution < -0.4 is 5.11 Å². The fourth-order valence-corrected chi connectivity index (χ4v) is 10.7. The van der Waals surface area contributed by atoms with E-state index in [1.165, 1.54) is 173 Å². The number of hydrogen-bond acceptors (Lipinski definition) is 8. The molecule has 0 aliphatic heterocycles. The molecule has 0 fully saturated rings. The molecule has 9 heteroatoms. The van der Waals surface area contributed by atoms with Crippen LogP contribution >= 0.6 is 0 Å². The minimum absolute atomic E-state index is 0.142. The molecular formula is C86H145NO8. The van der Waals surface area contributed by atoms with Crippen molar-refractivity contribution in [3.8, 4) is 0 Å². The SMILES string of the molecule is CC/C=C\C/C=C\C/C=C\C/C=C\C/C=C\C/C=C\C/C=C\C/C=C\C/C=C\C/C=C\CCCCCCCCCCCCC(=O)OC(COC(=O)CCCCCCCCCCCCCCCCCCC/C=C\C/C=C\CCCCCCC)COC(OCC[N+](C)(C)C)C(=O)[O-]. The van der Waals surface area contributed by atoms with Crippen LogP contribution in [0.3, 0.4) is 0 Å². The molecule has 542 valence electrons. The van der Waals surface area contributed by atoms with E-state index in [0.29, 0.717) is 17.4 Å². The number of allylic oxidation sites excluding steroid dienone is 24. The van der Waals surface area contributed by atoms with Gasteiger partial charge in [0.25, 0.3) is 0 Å². The zero-order chi connectivity index (χ0) is 69.0. The Kier molecular flexibility index (Phi) is 71.1. The average molecular weight is 1320 g/mol. The molecule has 0 aromatic heterocycles. The van der Waals surface area contributed by atoms with E-state index in [1.807, 2.05) is 21.1 Å². The molecule has 0 saturated carbocycles. The van der Waals surface area contributed by atoms with Crippen molar-refractivity contribution >= 4 is 17.9 Å². The quantitative estimate of drug-likeness (QED) is 0.0195. The molecule has 0 N–H and O–H groups in total. The summed E-state index contributed by atoms with van der Waals surface area (Å²) in [6.45, 7) is 4.64. The maximum Gasteiger partial charge on any atom is 0.306 e. The van der Waals surface area contributed by atoms with Crippen molar-refractivity contribution in [2.24, 2.45) is 0 Å². The van der Waals surface area contributed by atoms with Gasteiger partial charge >= 0.3 is 11.9 Å². The first-order chi connectivity index (χ1) is 46.6. The van der Waals surface area contributed by atoms with Crippen LogP contribution in [0.25, 0.3) is 0 Å². The number of ether oxygens (including phenoxy) is 4. The number of carbonyl (C=O) groups is 3. The van der Waals surface area contributed by atoms with Gasteiger partial charge in [0.15, 0.2) is 12.4 Å². The van der Waals surface area contributed by atoms with E-state index in [9.17, 15) is 19.5 Å². The van der Waals surface area contributed by atoms with Crippen LogP contribution in [0.1, 0.15) is 322 Å². The van der Waals surface area contributed by atoms with Gasteiger partial charge in [-0.25, -0.2) is 0 Å². The molecule has 95 heavy (non-hydrogen) atoms. The Balaban J connectivity index is 4.11. The fourth-order valence-electron chi connectivity index (χ4n) is 10.7. The lowest BCUT2D eigenvalue weighted by molar-refractivity contribution is -0.870. The average Bonchev–Trinajstić information content (AvgIpc) is 3.54. The van der Waals surface area contributed by atoms with Crippen molar-refractivity contribution in [3.05, 3.63) is 146 Å². The van der Waals surface area contributed by atoms with Gasteiger partial charge in [0.1, 0.15) is 13.2 Å². The zero-order valence-corrected chi connectivity index (χ0v) is 62.0. The van der Waals surface area contributed by atoms with E-state index < -0.39 is 24.3 Å². The molecule has 0 aromatic rings. The summed E-state index contributed by atoms with van der Waals surface area (Å²) >= 11 is 0. The van der Waals surface area contributed by atoms with Gasteiger partial charge in [-0.3, -0.25) is 9.59 Å². The van der Waals surface area contributed by atoms with Gasteiger partial charge in [0.05, 0.1) is 40.3 Å². The van der Waals surface area contributed by atoms with Crippen LogP contribution in [0.15, 0.2) is 146 Å². The van der Waals surface area contributed by atoms with Crippen LogP contribution in [0.5, 0.6) is 0 Å². The zero-order valence-electron chi connectivity index (χ0n) is 62.0. The minimum atomic E-state index is -1.63. The van der Waals surface area contributed by atoms with E-state index in [4.69, 9.17) is 18.9 Å². The lowest BCUT2D eigenvalue weighted by Crippen LogP contribution is -2.44. The van der Waals surface area contributed by atoms with Gasteiger partial charge in [0, 0.05) is 12.8 Å². The molecule has 0 bridgehead atoms. The van der Waals surface area contributed by atoms with Crippen molar-refractivity contribution in [2.75, 3.05) is 47.5 Å². The Bertz CT molecular complexity index is 2080. The number of carboxylic acids is 1. The predicted octanol–water partition coefficient (Wildman–Crippen LogP) is 23.7. The van der Waals surface area contributed by atoms with Gasteiger partial charge in [-0.1, -0.05) is 333 Å². The Labute approximate surface area is 585 Å². The fraction of sp³-hybridized carbons (Fsp3) is 0.686. The summed E-state index contributed by atoms with van der Waals surface area (Å²) in [6, 6.07) is 0. The molecule has 9 nitrogen and oxygen atoms in total. The maximum atomic E-state index is 13.0. The van der Waals surface area contributed by atoms with Crippen LogP contribution in [-0.2, 0) is 33.3 Å². The number of quaternary nitrogens is 1. The number of carboxylic acid groups (broad SMARTS) is 1. The third-order valence-corrected chi connectivity index (χ3v) is 16.6. The van der Waals surface area contributed by atoms with Crippen molar-refractivity contribution in [3.63, 3.8) is 0 Å². The highest BCUT2D eigenvalue weighted by Gasteiger charge is 2.22. The summed E-state index contributed by atoms with van der Waals surface area (Å²) in [5, 5.41) is 11.9. The summed E-state index contributed by atoms with van der Waals surface area (Å²) in [5.74, 6) is -2.29. The molecule has 2 atom stereocenters. The summed E-state index contributed by atoms with van der Waals surface area (Å²) in [5.41, 5.74) is 0. The number of hydrogen-bond donors (Lipinski definition) is 0. The second kappa shape index (κ2) is 75.0. The van der Waals surface area contributed by atoms with Crippen LogP contribution in [-0.4, -0.2) is 82.3 Å². The largest absolute Gasteiger partial charge is 0.545 e. The number of likely N-dealkylation sites (N-methyl/N-ethyl adjacent to an activating group) is 1. The Morgan fingerprint density at radius 1 is 0.326 bits per heavy atom. The highest BCUT2D eigenvalue weighted by atomic mass is 16.7. The van der Waals surface area contributed by atoms with Crippen LogP contribution in [0, 0.1) is 0 Å². The first kappa shape index (κ1) is 90.2. The lowest BCUT2D eigenvalue weighted by Gasteiger charge is -2.26. The topological polar surface area (TPSA) is 111 Å². The molecule has 0 aliphatic rings. The lowest BCUT2D eigenvalue weighted by atomic mass is 10.0. The molecule has 0 heterocycles. The first-order valence-corrected chi connectivity index (χ1v) is 39.0. The van der Waals surface area contributed by atoms with E-state index in [2.05, 4.69) is 160 Å². The van der Waals surface area contributed by atoms with Gasteiger partial charge in [0.2, 0.25) is 0 Å². The molecule has 0 spiro atoms. The van der Waals surface area contributed by atoms with Crippen molar-refractivity contribution in [2.45, 2.75) is 334 Å². The number of unbranched alkanes of at least 4 members (excludes halogenated alkanes) is 32. The minimum Gasteiger partial charge on any atom is -0.545 e. The van der Waals surface area contributed by atoms with Gasteiger partial charge in [-0.15, -0.1) is 0 Å². The third-order valence-electron chi connectivity index (χ3n) is 16.6. The molecule has 0 rings (SSSR count). The molecule has 0 amide bonds. The third kappa shape index (κ3) is 76.4. The van der Waals surface area contributed by atoms with Crippen LogP contribution in [0.2, 0.25) is 0 Å². The number of rotatable bonds is 71. The molecule has 2 unspecified atom stereocenters. The maximum absolute atomic E-state index is 13.0. The second-order valence-electron chi connectivity index (χ2n) is 26.9. The summed E-state index contributed by atoms with van der Waals surface area (Å²) in [7, 11) is 5.93. The van der Waals surface area contributed by atoms with Crippen molar-refractivity contribution in [1.29, 1.82) is 0 Å². The van der Waals surface area contributed by atoms with E-state index in [0.717, 1.165) is 116 Å². The summed E-state index contributed by atoms with van der Waals surface area (Å²) in [4.78, 5) is 37.6. The summed E-state index contributed by atoms with van der Waals surface area (Å²) in [6.07, 6.45) is 107. The number of aliphatic carboxylic acids is 1. The molecule has 0 radical (unpaired) electrons. The second-order valence-corrected chi connectivity index (χ2v) is 26.9. The molecule has 0 aliphatic carbocycles. The molecule has 0 saturated heterocycles. The normalized spacial score (nSPS) is 13.5. The standard InChI is InChI=1S/C86H145NO8/c1-6-8-10-12-14-16-18-20-22-24-26-28-30-32-34-36-37-38-39-40-41-42-43-44-45-46-47-49-51-53-55-57-59-61-63-65-67-69-71-73-75-77-84(89)95-82(81-94-86(85(90)91)92-79-78-87(3,4)5)80-93-83(88)76-74-72-70-68-66-64-62-60-58-56-54-52-50-48-35-33-31-29-27-25-23-21-19-17-15-13-11-9-7-2/h8,10,14,16,19-22,25-28,32,34,37-38,40-41,43-44,46-47,51,53,82,86H,6-7,9,11-13,15,17-18,23-24,29-31,33,35-36,39,42,45,48-50,52,54-81H2,1-5H3/b10-8-,16-14-,21-19-,22-20-,27-25-,28-26-,34-32-,38-37-,41-40-,44-43-,47-46-,53-51-. The molecule has 0 aromatic carbocycles. The Morgan fingerprint density at radius 2 is 0.600 bits per heavy atom. The Hall–Kier alpha value is -4.83. The monoisotopic (exact) mass is 1320 g/mol.